The van der Waals surface area contributed by atoms with Crippen molar-refractivity contribution in [2.45, 2.75) is 52.1 Å². The van der Waals surface area contributed by atoms with Gasteiger partial charge in [-0.15, -0.1) is 11.3 Å². The molecule has 2 rings (SSSR count). The Kier molecular flexibility index (Phi) is 5.17. The number of hydrogen-bond donors (Lipinski definition) is 1. The Hall–Kier alpha value is -1.36. The summed E-state index contributed by atoms with van der Waals surface area (Å²) in [5.41, 5.74) is 0. The van der Waals surface area contributed by atoms with E-state index in [2.05, 4.69) is 24.4 Å². The van der Waals surface area contributed by atoms with Crippen molar-refractivity contribution in [3.8, 4) is 0 Å². The molecule has 1 aliphatic heterocycles. The maximum Gasteiger partial charge on any atom is 0.245 e. The fraction of sp³-hybridized carbons (Fsp3) is 0.600. The van der Waals surface area contributed by atoms with Gasteiger partial charge in [0.05, 0.1) is 6.54 Å². The normalized spacial score (nSPS) is 19.9. The molecule has 1 N–H and O–H groups in total. The van der Waals surface area contributed by atoms with E-state index in [0.29, 0.717) is 25.9 Å². The number of nitrogens with one attached hydrogen (secondary N) is 1. The topological polar surface area (TPSA) is 49.4 Å². The molecule has 0 bridgehead atoms. The summed E-state index contributed by atoms with van der Waals surface area (Å²) in [5.74, 6) is 0.0453. The highest BCUT2D eigenvalue weighted by atomic mass is 32.1. The van der Waals surface area contributed by atoms with Gasteiger partial charge in [-0.2, -0.15) is 0 Å². The lowest BCUT2D eigenvalue weighted by Crippen LogP contribution is -2.44. The molecule has 20 heavy (non-hydrogen) atoms. The molecule has 5 heteroatoms. The van der Waals surface area contributed by atoms with Gasteiger partial charge in [-0.25, -0.2) is 0 Å². The number of amides is 2. The SMILES string of the molecule is CCCC1NC(=O)CCN(Cc2ccc(CC)s2)C1=O. The first-order valence-corrected chi connectivity index (χ1v) is 8.11. The number of nitrogens with zero attached hydrogens (tertiary/aromatic N) is 1. The van der Waals surface area contributed by atoms with Crippen LogP contribution in [-0.2, 0) is 22.6 Å². The molecule has 110 valence electrons. The molecule has 0 radical (unpaired) electrons. The van der Waals surface area contributed by atoms with Crippen LogP contribution in [0.3, 0.4) is 0 Å². The zero-order chi connectivity index (χ0) is 14.5. The lowest BCUT2D eigenvalue weighted by Gasteiger charge is -2.23. The van der Waals surface area contributed by atoms with E-state index in [1.165, 1.54) is 9.75 Å². The highest BCUT2D eigenvalue weighted by Gasteiger charge is 2.29. The summed E-state index contributed by atoms with van der Waals surface area (Å²) in [6.45, 7) is 5.30. The minimum Gasteiger partial charge on any atom is -0.344 e. The van der Waals surface area contributed by atoms with Crippen LogP contribution in [0.15, 0.2) is 12.1 Å². The van der Waals surface area contributed by atoms with E-state index in [4.69, 9.17) is 0 Å². The molecule has 0 aliphatic carbocycles. The largest absolute Gasteiger partial charge is 0.344 e. The lowest BCUT2D eigenvalue weighted by atomic mass is 10.1. The van der Waals surface area contributed by atoms with Gasteiger partial charge in [-0.05, 0) is 25.0 Å². The van der Waals surface area contributed by atoms with Crippen LogP contribution in [0.5, 0.6) is 0 Å². The van der Waals surface area contributed by atoms with Gasteiger partial charge in [-0.3, -0.25) is 9.59 Å². The maximum atomic E-state index is 12.5. The molecule has 0 spiro atoms. The van der Waals surface area contributed by atoms with E-state index in [1.54, 1.807) is 11.3 Å². The van der Waals surface area contributed by atoms with Gasteiger partial charge in [0.1, 0.15) is 6.04 Å². The number of hydrogen-bond acceptors (Lipinski definition) is 3. The second-order valence-corrected chi connectivity index (χ2v) is 6.39. The number of carbonyl (C=O) groups is 2. The molecule has 2 amide bonds. The molecule has 0 aromatic carbocycles. The van der Waals surface area contributed by atoms with E-state index >= 15 is 0 Å². The van der Waals surface area contributed by atoms with Crippen LogP contribution in [0, 0.1) is 0 Å². The maximum absolute atomic E-state index is 12.5. The fourth-order valence-corrected chi connectivity index (χ4v) is 3.40. The van der Waals surface area contributed by atoms with Crippen LogP contribution in [0.1, 0.15) is 42.9 Å². The number of aryl methyl sites for hydroxylation is 1. The minimum atomic E-state index is -0.347. The van der Waals surface area contributed by atoms with Crippen LogP contribution < -0.4 is 5.32 Å². The van der Waals surface area contributed by atoms with E-state index in [0.717, 1.165) is 12.8 Å². The van der Waals surface area contributed by atoms with Gasteiger partial charge in [-0.1, -0.05) is 20.3 Å². The second kappa shape index (κ2) is 6.88. The summed E-state index contributed by atoms with van der Waals surface area (Å²) >= 11 is 1.75. The average Bonchev–Trinajstić information content (AvgIpc) is 2.85. The molecule has 4 nitrogen and oxygen atoms in total. The smallest absolute Gasteiger partial charge is 0.245 e. The Labute approximate surface area is 124 Å². The molecule has 1 unspecified atom stereocenters. The van der Waals surface area contributed by atoms with Gasteiger partial charge in [0.15, 0.2) is 0 Å². The zero-order valence-corrected chi connectivity index (χ0v) is 13.0. The third-order valence-electron chi connectivity index (χ3n) is 3.54. The molecule has 2 heterocycles. The van der Waals surface area contributed by atoms with Gasteiger partial charge in [0.2, 0.25) is 11.8 Å². The van der Waals surface area contributed by atoms with Crippen molar-refractivity contribution in [1.82, 2.24) is 10.2 Å². The summed E-state index contributed by atoms with van der Waals surface area (Å²) in [7, 11) is 0. The van der Waals surface area contributed by atoms with Crippen molar-refractivity contribution in [3.05, 3.63) is 21.9 Å². The Morgan fingerprint density at radius 3 is 2.70 bits per heavy atom. The Balaban J connectivity index is 2.08. The third-order valence-corrected chi connectivity index (χ3v) is 4.76. The summed E-state index contributed by atoms with van der Waals surface area (Å²) in [6.07, 6.45) is 3.03. The molecule has 1 fully saturated rings. The highest BCUT2D eigenvalue weighted by molar-refractivity contribution is 7.11. The van der Waals surface area contributed by atoms with Crippen LogP contribution in [0.25, 0.3) is 0 Å². The van der Waals surface area contributed by atoms with E-state index in [-0.39, 0.29) is 17.9 Å². The standard InChI is InChI=1S/C15H22N2O2S/c1-3-5-13-15(19)17(9-8-14(18)16-13)10-12-7-6-11(4-2)20-12/h6-7,13H,3-5,8-10H2,1-2H3,(H,16,18). The average molecular weight is 294 g/mol. The number of carbonyl (C=O) groups excluding carboxylic acids is 2. The third kappa shape index (κ3) is 3.60. The van der Waals surface area contributed by atoms with E-state index < -0.39 is 0 Å². The Morgan fingerprint density at radius 2 is 2.05 bits per heavy atom. The van der Waals surface area contributed by atoms with E-state index in [9.17, 15) is 9.59 Å². The predicted octanol–water partition coefficient (Wildman–Crippen LogP) is 2.33. The molecule has 0 saturated carbocycles. The van der Waals surface area contributed by atoms with Crippen molar-refractivity contribution in [3.63, 3.8) is 0 Å². The summed E-state index contributed by atoms with van der Waals surface area (Å²) in [4.78, 5) is 28.5. The quantitative estimate of drug-likeness (QED) is 0.906. The monoisotopic (exact) mass is 294 g/mol. The first-order chi connectivity index (χ1) is 9.63. The Bertz CT molecular complexity index is 484. The summed E-state index contributed by atoms with van der Waals surface area (Å²) in [5, 5.41) is 2.83. The molecule has 1 aliphatic rings. The van der Waals surface area contributed by atoms with Gasteiger partial charge < -0.3 is 10.2 Å². The first kappa shape index (κ1) is 15.0. The summed E-state index contributed by atoms with van der Waals surface area (Å²) < 4.78 is 0. The summed E-state index contributed by atoms with van der Waals surface area (Å²) in [6, 6.07) is 3.86. The van der Waals surface area contributed by atoms with Crippen molar-refractivity contribution in [2.24, 2.45) is 0 Å². The Morgan fingerprint density at radius 1 is 1.30 bits per heavy atom. The highest BCUT2D eigenvalue weighted by Crippen LogP contribution is 2.20. The molecule has 1 aromatic rings. The molecule has 1 atom stereocenters. The first-order valence-electron chi connectivity index (χ1n) is 7.29. The van der Waals surface area contributed by atoms with E-state index in [1.807, 2.05) is 11.8 Å². The van der Waals surface area contributed by atoms with Crippen LogP contribution in [0.4, 0.5) is 0 Å². The van der Waals surface area contributed by atoms with Crippen molar-refractivity contribution < 1.29 is 9.59 Å². The fourth-order valence-electron chi connectivity index (χ4n) is 2.42. The zero-order valence-electron chi connectivity index (χ0n) is 12.1. The van der Waals surface area contributed by atoms with Crippen LogP contribution >= 0.6 is 11.3 Å². The van der Waals surface area contributed by atoms with Crippen LogP contribution in [0.2, 0.25) is 0 Å². The van der Waals surface area contributed by atoms with Crippen molar-refractivity contribution in [1.29, 1.82) is 0 Å². The molecule has 1 aromatic heterocycles. The van der Waals surface area contributed by atoms with Crippen molar-refractivity contribution in [2.75, 3.05) is 6.54 Å². The van der Waals surface area contributed by atoms with Gasteiger partial charge >= 0.3 is 0 Å². The molecular weight excluding hydrogens is 272 g/mol. The van der Waals surface area contributed by atoms with Crippen molar-refractivity contribution >= 4 is 23.2 Å². The number of thiophene rings is 1. The second-order valence-electron chi connectivity index (χ2n) is 5.14. The van der Waals surface area contributed by atoms with Crippen LogP contribution in [-0.4, -0.2) is 29.3 Å². The predicted molar refractivity (Wildman–Crippen MR) is 80.6 cm³/mol. The molecular formula is C15H22N2O2S. The van der Waals surface area contributed by atoms with Gasteiger partial charge in [0.25, 0.3) is 0 Å². The van der Waals surface area contributed by atoms with Gasteiger partial charge in [0, 0.05) is 22.7 Å². The minimum absolute atomic E-state index is 0.0141. The molecule has 1 saturated heterocycles. The number of rotatable bonds is 5. The lowest BCUT2D eigenvalue weighted by molar-refractivity contribution is -0.134.